The molecule has 0 aromatic heterocycles. The molecule has 8 nitrogen and oxygen atoms in total. The second-order valence-electron chi connectivity index (χ2n) is 9.06. The molecule has 1 amide bonds. The van der Waals surface area contributed by atoms with Crippen LogP contribution in [0.3, 0.4) is 0 Å². The summed E-state index contributed by atoms with van der Waals surface area (Å²) in [6.45, 7) is 3.79. The number of ether oxygens (including phenoxy) is 1. The minimum absolute atomic E-state index is 0.0215. The Labute approximate surface area is 234 Å². The first-order valence-corrected chi connectivity index (χ1v) is 13.9. The van der Waals surface area contributed by atoms with E-state index in [1.165, 1.54) is 12.1 Å². The Hall–Kier alpha value is -4.89. The molecule has 0 aliphatic heterocycles. The number of carbonyl (C=O) groups is 1. The van der Waals surface area contributed by atoms with Gasteiger partial charge in [-0.2, -0.15) is 8.42 Å². The van der Waals surface area contributed by atoms with Crippen molar-refractivity contribution in [2.75, 3.05) is 17.7 Å². The smallest absolute Gasteiger partial charge is 0.284 e. The zero-order valence-electron chi connectivity index (χ0n) is 22.4. The van der Waals surface area contributed by atoms with Crippen LogP contribution in [0.5, 0.6) is 5.75 Å². The summed E-state index contributed by atoms with van der Waals surface area (Å²) >= 11 is 0. The topological polar surface area (TPSA) is 123 Å². The molecule has 0 heterocycles. The quantitative estimate of drug-likeness (QED) is 0.150. The minimum Gasteiger partial charge on any atom is -0.497 e. The number of rotatable bonds is 8. The lowest BCUT2D eigenvalue weighted by molar-refractivity contribution is -0.112. The third-order valence-electron chi connectivity index (χ3n) is 6.01. The van der Waals surface area contributed by atoms with Crippen LogP contribution in [-0.2, 0) is 14.8 Å². The van der Waals surface area contributed by atoms with Crippen molar-refractivity contribution in [3.8, 4) is 5.75 Å². The van der Waals surface area contributed by atoms with Crippen LogP contribution in [0.2, 0.25) is 0 Å². The van der Waals surface area contributed by atoms with E-state index in [1.807, 2.05) is 32.0 Å². The molecule has 0 aliphatic rings. The summed E-state index contributed by atoms with van der Waals surface area (Å²) in [6.07, 6.45) is 0. The van der Waals surface area contributed by atoms with Gasteiger partial charge in [-0.15, -0.1) is 4.40 Å². The maximum atomic E-state index is 13.8. The van der Waals surface area contributed by atoms with Crippen LogP contribution in [-0.4, -0.2) is 27.3 Å². The molecule has 40 heavy (non-hydrogen) atoms. The Bertz CT molecular complexity index is 1650. The monoisotopic (exact) mass is 554 g/mol. The van der Waals surface area contributed by atoms with Crippen LogP contribution in [0.4, 0.5) is 11.4 Å². The number of anilines is 2. The zero-order valence-corrected chi connectivity index (χ0v) is 23.2. The van der Waals surface area contributed by atoms with Crippen LogP contribution in [0.25, 0.3) is 5.70 Å². The van der Waals surface area contributed by atoms with Gasteiger partial charge in [0.1, 0.15) is 11.3 Å². The first-order chi connectivity index (χ1) is 19.2. The Kier molecular flexibility index (Phi) is 8.66. The standard InChI is InChI=1S/C31H30N4O4S/c1-21-9-15-25(16-10-21)34-31(36)28(29(32)23-13-17-26(39-3)18-14-23)30(33-24-7-5-4-6-8-24)35-40(37,38)27-19-11-22(2)12-20-27/h4-20H,32H2,1-3H3,(H,33,35)(H,34,36)/b29-28-. The van der Waals surface area contributed by atoms with Crippen molar-refractivity contribution in [1.29, 1.82) is 0 Å². The van der Waals surface area contributed by atoms with E-state index in [2.05, 4.69) is 15.0 Å². The van der Waals surface area contributed by atoms with Crippen molar-refractivity contribution in [3.63, 3.8) is 0 Å². The zero-order chi connectivity index (χ0) is 28.7. The summed E-state index contributed by atoms with van der Waals surface area (Å²) in [4.78, 5) is 13.8. The molecular formula is C31H30N4O4S. The van der Waals surface area contributed by atoms with Gasteiger partial charge < -0.3 is 21.1 Å². The van der Waals surface area contributed by atoms with Crippen LogP contribution >= 0.6 is 0 Å². The summed E-state index contributed by atoms with van der Waals surface area (Å²) in [5, 5.41) is 5.84. The Balaban J connectivity index is 1.91. The van der Waals surface area contributed by atoms with Crippen molar-refractivity contribution in [1.82, 2.24) is 0 Å². The van der Waals surface area contributed by atoms with Crippen molar-refractivity contribution >= 4 is 38.8 Å². The molecule has 4 aromatic rings. The lowest BCUT2D eigenvalue weighted by atomic mass is 10.0. The van der Waals surface area contributed by atoms with Gasteiger partial charge in [-0.3, -0.25) is 4.79 Å². The van der Waals surface area contributed by atoms with E-state index >= 15 is 0 Å². The Morgan fingerprint density at radius 3 is 1.88 bits per heavy atom. The molecule has 4 N–H and O–H groups in total. The molecule has 0 spiro atoms. The van der Waals surface area contributed by atoms with Crippen LogP contribution < -0.4 is 21.1 Å². The van der Waals surface area contributed by atoms with Gasteiger partial charge in [0, 0.05) is 11.4 Å². The number of amides is 1. The fraction of sp³-hybridized carbons (Fsp3) is 0.0968. The van der Waals surface area contributed by atoms with Gasteiger partial charge in [0.25, 0.3) is 15.9 Å². The number of aryl methyl sites for hydroxylation is 2. The number of hydrogen-bond acceptors (Lipinski definition) is 5. The Morgan fingerprint density at radius 2 is 1.30 bits per heavy atom. The Morgan fingerprint density at radius 1 is 0.750 bits per heavy atom. The normalized spacial score (nSPS) is 12.3. The molecule has 0 atom stereocenters. The predicted molar refractivity (Wildman–Crippen MR) is 160 cm³/mol. The molecule has 0 saturated carbocycles. The predicted octanol–water partition coefficient (Wildman–Crippen LogP) is 5.52. The third kappa shape index (κ3) is 6.95. The van der Waals surface area contributed by atoms with E-state index in [-0.39, 0.29) is 22.0 Å². The van der Waals surface area contributed by atoms with Gasteiger partial charge in [0.2, 0.25) is 0 Å². The van der Waals surface area contributed by atoms with Gasteiger partial charge in [-0.05, 0) is 80.1 Å². The summed E-state index contributed by atoms with van der Waals surface area (Å²) in [5.74, 6) is -0.274. The number of nitrogens with zero attached hydrogens (tertiary/aromatic N) is 1. The molecule has 204 valence electrons. The van der Waals surface area contributed by atoms with Crippen molar-refractivity contribution in [2.24, 2.45) is 10.1 Å². The molecule has 4 aromatic carbocycles. The van der Waals surface area contributed by atoms with Crippen molar-refractivity contribution in [3.05, 3.63) is 125 Å². The first kappa shape index (κ1) is 28.1. The average molecular weight is 555 g/mol. The SMILES string of the molecule is COc1ccc(/C(N)=C(C(=O)Nc2ccc(C)cc2)\C(=N/S(=O)(=O)c2ccc(C)cc2)Nc2ccccc2)cc1. The van der Waals surface area contributed by atoms with E-state index in [0.717, 1.165) is 11.1 Å². The second kappa shape index (κ2) is 12.3. The van der Waals surface area contributed by atoms with Gasteiger partial charge in [0.05, 0.1) is 17.7 Å². The van der Waals surface area contributed by atoms with Crippen molar-refractivity contribution in [2.45, 2.75) is 18.7 Å². The largest absolute Gasteiger partial charge is 0.497 e. The van der Waals surface area contributed by atoms with Crippen molar-refractivity contribution < 1.29 is 17.9 Å². The van der Waals surface area contributed by atoms with Crippen LogP contribution in [0.1, 0.15) is 16.7 Å². The molecule has 4 rings (SSSR count). The molecule has 0 saturated heterocycles. The maximum Gasteiger partial charge on any atom is 0.284 e. The highest BCUT2D eigenvalue weighted by atomic mass is 32.2. The van der Waals surface area contributed by atoms with E-state index in [9.17, 15) is 13.2 Å². The van der Waals surface area contributed by atoms with Crippen LogP contribution in [0, 0.1) is 13.8 Å². The average Bonchev–Trinajstić information content (AvgIpc) is 2.95. The van der Waals surface area contributed by atoms with E-state index in [1.54, 1.807) is 79.9 Å². The summed E-state index contributed by atoms with van der Waals surface area (Å²) in [7, 11) is -2.70. The van der Waals surface area contributed by atoms with Gasteiger partial charge in [0.15, 0.2) is 5.84 Å². The van der Waals surface area contributed by atoms with Gasteiger partial charge >= 0.3 is 0 Å². The second-order valence-corrected chi connectivity index (χ2v) is 10.7. The number of methoxy groups -OCH3 is 1. The van der Waals surface area contributed by atoms with E-state index in [0.29, 0.717) is 22.7 Å². The summed E-state index contributed by atoms with van der Waals surface area (Å²) in [5.41, 5.74) is 9.90. The number of carbonyl (C=O) groups excluding carboxylic acids is 1. The highest BCUT2D eigenvalue weighted by molar-refractivity contribution is 7.90. The number of benzene rings is 4. The number of nitrogens with two attached hydrogens (primary N) is 1. The molecular weight excluding hydrogens is 524 g/mol. The van der Waals surface area contributed by atoms with Gasteiger partial charge in [-0.1, -0.05) is 53.6 Å². The number of para-hydroxylation sites is 1. The molecule has 0 fully saturated rings. The fourth-order valence-electron chi connectivity index (χ4n) is 3.78. The highest BCUT2D eigenvalue weighted by Crippen LogP contribution is 2.23. The minimum atomic E-state index is -4.24. The first-order valence-electron chi connectivity index (χ1n) is 12.4. The number of hydrogen-bond donors (Lipinski definition) is 3. The molecule has 0 radical (unpaired) electrons. The number of sulfonamides is 1. The van der Waals surface area contributed by atoms with Gasteiger partial charge in [-0.25, -0.2) is 0 Å². The number of amidine groups is 1. The molecule has 9 heteroatoms. The van der Waals surface area contributed by atoms with E-state index < -0.39 is 15.9 Å². The summed E-state index contributed by atoms with van der Waals surface area (Å²) in [6, 6.07) is 29.1. The van der Waals surface area contributed by atoms with Crippen LogP contribution in [0.15, 0.2) is 118 Å². The molecule has 0 aliphatic carbocycles. The molecule has 0 bridgehead atoms. The lowest BCUT2D eigenvalue weighted by Crippen LogP contribution is -2.29. The fourth-order valence-corrected chi connectivity index (χ4v) is 4.74. The third-order valence-corrected chi connectivity index (χ3v) is 7.30. The highest BCUT2D eigenvalue weighted by Gasteiger charge is 2.25. The molecule has 0 unspecified atom stereocenters. The summed E-state index contributed by atoms with van der Waals surface area (Å²) < 4.78 is 36.3. The number of nitrogens with one attached hydrogen (secondary N) is 2. The van der Waals surface area contributed by atoms with E-state index in [4.69, 9.17) is 10.5 Å². The lowest BCUT2D eigenvalue weighted by Gasteiger charge is -2.17. The maximum absolute atomic E-state index is 13.8.